The van der Waals surface area contributed by atoms with Gasteiger partial charge in [-0.25, -0.2) is 0 Å². The maximum Gasteiger partial charge on any atom is 0.254 e. The number of benzene rings is 1. The van der Waals surface area contributed by atoms with Crippen molar-refractivity contribution in [3.05, 3.63) is 23.8 Å². The van der Waals surface area contributed by atoms with E-state index in [1.807, 2.05) is 6.07 Å². The summed E-state index contributed by atoms with van der Waals surface area (Å²) in [6, 6.07) is 6.18. The zero-order chi connectivity index (χ0) is 16.2. The second-order valence-corrected chi connectivity index (χ2v) is 6.44. The van der Waals surface area contributed by atoms with Crippen molar-refractivity contribution in [1.82, 2.24) is 4.90 Å². The molecule has 1 aromatic carbocycles. The van der Waals surface area contributed by atoms with Gasteiger partial charge in [-0.05, 0) is 50.1 Å². The summed E-state index contributed by atoms with van der Waals surface area (Å²) in [4.78, 5) is 17.1. The lowest BCUT2D eigenvalue weighted by Crippen LogP contribution is -2.47. The van der Waals surface area contributed by atoms with E-state index in [0.717, 1.165) is 31.9 Å². The van der Waals surface area contributed by atoms with Crippen molar-refractivity contribution in [2.75, 3.05) is 49.5 Å². The number of hydrogen-bond acceptors (Lipinski definition) is 4. The third-order valence-electron chi connectivity index (χ3n) is 4.80. The number of morpholine rings is 1. The lowest BCUT2D eigenvalue weighted by Gasteiger charge is -2.31. The number of anilines is 2. The Kier molecular flexibility index (Phi) is 5.18. The number of aryl methyl sites for hydroxylation is 1. The van der Waals surface area contributed by atoms with Crippen LogP contribution < -0.4 is 10.2 Å². The smallest absolute Gasteiger partial charge is 0.254 e. The van der Waals surface area contributed by atoms with Crippen LogP contribution in [0.5, 0.6) is 0 Å². The van der Waals surface area contributed by atoms with E-state index in [1.165, 1.54) is 24.1 Å². The first-order chi connectivity index (χ1) is 11.2. The van der Waals surface area contributed by atoms with Gasteiger partial charge in [-0.2, -0.15) is 0 Å². The highest BCUT2D eigenvalue weighted by atomic mass is 16.5. The summed E-state index contributed by atoms with van der Waals surface area (Å²) in [5.41, 5.74) is 3.35. The minimum Gasteiger partial charge on any atom is -0.371 e. The Morgan fingerprint density at radius 1 is 1.30 bits per heavy atom. The number of hydrogen-bond donors (Lipinski definition) is 1. The molecule has 5 nitrogen and oxygen atoms in total. The van der Waals surface area contributed by atoms with Gasteiger partial charge in [0.15, 0.2) is 0 Å². The molecule has 2 aliphatic rings. The SMILES string of the molecule is CCN1CCOC(C(=O)Nc2ccc(N3CCCC3)c(C)c2)C1. The Hall–Kier alpha value is -1.59. The molecule has 1 N–H and O–H groups in total. The number of nitrogens with zero attached hydrogens (tertiary/aromatic N) is 2. The molecule has 2 aliphatic heterocycles. The van der Waals surface area contributed by atoms with E-state index in [-0.39, 0.29) is 12.0 Å². The zero-order valence-electron chi connectivity index (χ0n) is 14.2. The van der Waals surface area contributed by atoms with Crippen molar-refractivity contribution in [3.8, 4) is 0 Å². The van der Waals surface area contributed by atoms with E-state index < -0.39 is 0 Å². The third kappa shape index (κ3) is 3.85. The van der Waals surface area contributed by atoms with Crippen molar-refractivity contribution in [1.29, 1.82) is 0 Å². The highest BCUT2D eigenvalue weighted by Crippen LogP contribution is 2.26. The largest absolute Gasteiger partial charge is 0.371 e. The Bertz CT molecular complexity index is 555. The molecule has 5 heteroatoms. The van der Waals surface area contributed by atoms with Gasteiger partial charge < -0.3 is 15.0 Å². The topological polar surface area (TPSA) is 44.8 Å². The van der Waals surface area contributed by atoms with E-state index >= 15 is 0 Å². The summed E-state index contributed by atoms with van der Waals surface area (Å²) >= 11 is 0. The standard InChI is InChI=1S/C18H27N3O2/c1-3-20-10-11-23-17(13-20)18(22)19-15-6-7-16(14(2)12-15)21-8-4-5-9-21/h6-7,12,17H,3-5,8-11,13H2,1-2H3,(H,19,22). The van der Waals surface area contributed by atoms with Gasteiger partial charge in [0.2, 0.25) is 0 Å². The molecule has 23 heavy (non-hydrogen) atoms. The van der Waals surface area contributed by atoms with Crippen molar-refractivity contribution in [3.63, 3.8) is 0 Å². The predicted molar refractivity (Wildman–Crippen MR) is 93.1 cm³/mol. The maximum absolute atomic E-state index is 12.4. The molecular formula is C18H27N3O2. The van der Waals surface area contributed by atoms with Crippen LogP contribution in [0.4, 0.5) is 11.4 Å². The average Bonchev–Trinajstić information content (AvgIpc) is 3.09. The molecule has 2 saturated heterocycles. The van der Waals surface area contributed by atoms with Crippen LogP contribution >= 0.6 is 0 Å². The van der Waals surface area contributed by atoms with Crippen LogP contribution in [0.15, 0.2) is 18.2 Å². The van der Waals surface area contributed by atoms with E-state index in [0.29, 0.717) is 13.2 Å². The zero-order valence-corrected chi connectivity index (χ0v) is 14.2. The quantitative estimate of drug-likeness (QED) is 0.925. The van der Waals surface area contributed by atoms with Crippen LogP contribution in [-0.4, -0.2) is 56.2 Å². The molecule has 0 bridgehead atoms. The molecule has 1 atom stereocenters. The third-order valence-corrected chi connectivity index (χ3v) is 4.80. The monoisotopic (exact) mass is 317 g/mol. The Balaban J connectivity index is 1.63. The first kappa shape index (κ1) is 16.3. The average molecular weight is 317 g/mol. The van der Waals surface area contributed by atoms with Crippen LogP contribution in [-0.2, 0) is 9.53 Å². The number of likely N-dealkylation sites (N-methyl/N-ethyl adjacent to an activating group) is 1. The summed E-state index contributed by atoms with van der Waals surface area (Å²) in [5, 5.41) is 3.01. The van der Waals surface area contributed by atoms with Gasteiger partial charge in [0.1, 0.15) is 6.10 Å². The number of nitrogens with one attached hydrogen (secondary N) is 1. The van der Waals surface area contributed by atoms with Crippen molar-refractivity contribution < 1.29 is 9.53 Å². The second kappa shape index (κ2) is 7.32. The maximum atomic E-state index is 12.4. The van der Waals surface area contributed by atoms with Crippen LogP contribution in [0.3, 0.4) is 0 Å². The molecule has 1 unspecified atom stereocenters. The first-order valence-electron chi connectivity index (χ1n) is 8.68. The summed E-state index contributed by atoms with van der Waals surface area (Å²) in [6.45, 7) is 9.65. The van der Waals surface area contributed by atoms with Crippen LogP contribution in [0.1, 0.15) is 25.3 Å². The molecule has 0 radical (unpaired) electrons. The lowest BCUT2D eigenvalue weighted by molar-refractivity contribution is -0.132. The van der Waals surface area contributed by atoms with Gasteiger partial charge in [-0.15, -0.1) is 0 Å². The van der Waals surface area contributed by atoms with E-state index in [4.69, 9.17) is 4.74 Å². The van der Waals surface area contributed by atoms with Gasteiger partial charge in [0, 0.05) is 37.6 Å². The van der Waals surface area contributed by atoms with Gasteiger partial charge in [0.05, 0.1) is 6.61 Å². The summed E-state index contributed by atoms with van der Waals surface area (Å²) < 4.78 is 5.62. The molecule has 3 rings (SSSR count). The summed E-state index contributed by atoms with van der Waals surface area (Å²) in [6.07, 6.45) is 2.16. The lowest BCUT2D eigenvalue weighted by atomic mass is 10.1. The van der Waals surface area contributed by atoms with Gasteiger partial charge in [-0.1, -0.05) is 6.92 Å². The van der Waals surface area contributed by atoms with Crippen molar-refractivity contribution in [2.45, 2.75) is 32.8 Å². The number of ether oxygens (including phenoxy) is 1. The fourth-order valence-corrected chi connectivity index (χ4v) is 3.42. The Labute approximate surface area is 138 Å². The number of carbonyl (C=O) groups excluding carboxylic acids is 1. The van der Waals surface area contributed by atoms with E-state index in [1.54, 1.807) is 0 Å². The molecule has 1 amide bonds. The van der Waals surface area contributed by atoms with Gasteiger partial charge in [-0.3, -0.25) is 9.69 Å². The van der Waals surface area contributed by atoms with Gasteiger partial charge >= 0.3 is 0 Å². The number of amides is 1. The summed E-state index contributed by atoms with van der Waals surface area (Å²) in [7, 11) is 0. The first-order valence-corrected chi connectivity index (χ1v) is 8.68. The fraction of sp³-hybridized carbons (Fsp3) is 0.611. The highest BCUT2D eigenvalue weighted by molar-refractivity contribution is 5.94. The highest BCUT2D eigenvalue weighted by Gasteiger charge is 2.26. The Morgan fingerprint density at radius 2 is 2.09 bits per heavy atom. The minimum atomic E-state index is -0.373. The molecule has 126 valence electrons. The molecule has 0 aromatic heterocycles. The summed E-state index contributed by atoms with van der Waals surface area (Å²) in [5.74, 6) is -0.0449. The van der Waals surface area contributed by atoms with Crippen LogP contribution in [0.25, 0.3) is 0 Å². The fourth-order valence-electron chi connectivity index (χ4n) is 3.42. The van der Waals surface area contributed by atoms with Gasteiger partial charge in [0.25, 0.3) is 5.91 Å². The minimum absolute atomic E-state index is 0.0449. The number of carbonyl (C=O) groups is 1. The predicted octanol–water partition coefficient (Wildman–Crippen LogP) is 2.25. The molecule has 1 aromatic rings. The second-order valence-electron chi connectivity index (χ2n) is 6.44. The normalized spacial score (nSPS) is 22.3. The molecule has 0 saturated carbocycles. The van der Waals surface area contributed by atoms with E-state index in [2.05, 4.69) is 41.1 Å². The van der Waals surface area contributed by atoms with Crippen LogP contribution in [0.2, 0.25) is 0 Å². The number of rotatable bonds is 4. The van der Waals surface area contributed by atoms with E-state index in [9.17, 15) is 4.79 Å². The molecular weight excluding hydrogens is 290 g/mol. The molecule has 2 heterocycles. The van der Waals surface area contributed by atoms with Crippen molar-refractivity contribution >= 4 is 17.3 Å². The van der Waals surface area contributed by atoms with Crippen molar-refractivity contribution in [2.24, 2.45) is 0 Å². The molecule has 0 spiro atoms. The van der Waals surface area contributed by atoms with Crippen LogP contribution in [0, 0.1) is 6.92 Å². The molecule has 2 fully saturated rings. The Morgan fingerprint density at radius 3 is 2.78 bits per heavy atom. The molecule has 0 aliphatic carbocycles.